The van der Waals surface area contributed by atoms with E-state index in [2.05, 4.69) is 83.1 Å². The van der Waals surface area contributed by atoms with Crippen molar-refractivity contribution >= 4 is 7.82 Å². The van der Waals surface area contributed by atoms with E-state index in [1.165, 1.54) is 0 Å². The molecule has 0 spiro atoms. The average molecular weight is 525 g/mol. The molecule has 3 atom stereocenters. The Kier molecular flexibility index (Phi) is 16.1. The van der Waals surface area contributed by atoms with Gasteiger partial charge < -0.3 is 0 Å². The van der Waals surface area contributed by atoms with Crippen LogP contribution < -0.4 is 0 Å². The minimum atomic E-state index is -3.89. The second-order valence-electron chi connectivity index (χ2n) is 9.85. The zero-order valence-corrected chi connectivity index (χ0v) is 26.5. The molecule has 0 heterocycles. The Morgan fingerprint density at radius 3 is 0.714 bits per heavy atom. The standard InChI is InChI=1S/C27H63N3O4P/c1-13-25(28(16-4,17-5)18-6)32-35(31,33-26(14-2)29(19-7,20-8)21-9)34-27(15-3)30(22-10,23-11)24-12/h25-27H,13-24H2,1-12H3/q+3. The van der Waals surface area contributed by atoms with Crippen LogP contribution in [0.1, 0.15) is 102 Å². The minimum Gasteiger partial charge on any atom is -0.299 e. The fraction of sp³-hybridized carbons (Fsp3) is 1.00. The molecule has 8 heteroatoms. The minimum absolute atomic E-state index is 0.241. The first-order valence-corrected chi connectivity index (χ1v) is 16.2. The van der Waals surface area contributed by atoms with Crippen LogP contribution in [0.15, 0.2) is 0 Å². The molecule has 212 valence electrons. The van der Waals surface area contributed by atoms with Crippen molar-refractivity contribution in [2.45, 2.75) is 121 Å². The molecule has 0 fully saturated rings. The highest BCUT2D eigenvalue weighted by molar-refractivity contribution is 7.48. The number of hydrogen-bond donors (Lipinski definition) is 0. The van der Waals surface area contributed by atoms with Gasteiger partial charge in [0.25, 0.3) is 0 Å². The Hall–Kier alpha value is -0.0100. The summed E-state index contributed by atoms with van der Waals surface area (Å²) in [5, 5.41) is 0. The third kappa shape index (κ3) is 7.99. The van der Waals surface area contributed by atoms with Crippen molar-refractivity contribution in [1.82, 2.24) is 0 Å². The van der Waals surface area contributed by atoms with Crippen molar-refractivity contribution in [2.75, 3.05) is 58.9 Å². The molecule has 0 bridgehead atoms. The van der Waals surface area contributed by atoms with E-state index >= 15 is 0 Å². The second-order valence-corrected chi connectivity index (χ2v) is 11.4. The molecule has 7 nitrogen and oxygen atoms in total. The van der Waals surface area contributed by atoms with Crippen molar-refractivity contribution in [2.24, 2.45) is 0 Å². The lowest BCUT2D eigenvalue weighted by atomic mass is 10.2. The predicted molar refractivity (Wildman–Crippen MR) is 149 cm³/mol. The zero-order valence-electron chi connectivity index (χ0n) is 25.6. The molecule has 0 radical (unpaired) electrons. The molecular weight excluding hydrogens is 461 g/mol. The normalized spacial score (nSPS) is 17.7. The van der Waals surface area contributed by atoms with Crippen molar-refractivity contribution < 1.29 is 31.6 Å². The zero-order chi connectivity index (χ0) is 27.3. The van der Waals surface area contributed by atoms with Crippen LogP contribution in [-0.2, 0) is 18.1 Å². The maximum absolute atomic E-state index is 14.8. The van der Waals surface area contributed by atoms with Crippen molar-refractivity contribution in [3.8, 4) is 0 Å². The van der Waals surface area contributed by atoms with Crippen LogP contribution in [0.5, 0.6) is 0 Å². The van der Waals surface area contributed by atoms with Crippen LogP contribution in [0.2, 0.25) is 0 Å². The average Bonchev–Trinajstić information content (AvgIpc) is 2.90. The highest BCUT2D eigenvalue weighted by Gasteiger charge is 2.49. The summed E-state index contributed by atoms with van der Waals surface area (Å²) in [4.78, 5) is 0. The number of nitrogens with zero attached hydrogens (tertiary/aromatic N) is 3. The Balaban J connectivity index is 6.66. The monoisotopic (exact) mass is 524 g/mol. The van der Waals surface area contributed by atoms with Gasteiger partial charge in [0.15, 0.2) is 0 Å². The van der Waals surface area contributed by atoms with E-state index in [4.69, 9.17) is 13.6 Å². The summed E-state index contributed by atoms with van der Waals surface area (Å²) in [6.45, 7) is 34.3. The largest absolute Gasteiger partial charge is 0.488 e. The van der Waals surface area contributed by atoms with E-state index < -0.39 is 7.82 Å². The molecule has 0 aliphatic heterocycles. The van der Waals surface area contributed by atoms with Gasteiger partial charge in [-0.25, -0.2) is 18.1 Å². The van der Waals surface area contributed by atoms with Gasteiger partial charge in [-0.3, -0.25) is 13.4 Å². The van der Waals surface area contributed by atoms with Crippen LogP contribution in [-0.4, -0.2) is 91.0 Å². The molecule has 0 saturated heterocycles. The van der Waals surface area contributed by atoms with E-state index in [1.807, 2.05) is 0 Å². The van der Waals surface area contributed by atoms with Crippen LogP contribution >= 0.6 is 7.82 Å². The number of quaternary nitrogens is 3. The molecule has 0 aliphatic carbocycles. The molecule has 35 heavy (non-hydrogen) atoms. The summed E-state index contributed by atoms with van der Waals surface area (Å²) in [7, 11) is -3.89. The lowest BCUT2D eigenvalue weighted by Crippen LogP contribution is -2.58. The molecule has 0 aromatic heterocycles. The predicted octanol–water partition coefficient (Wildman–Crippen LogP) is 6.98. The second kappa shape index (κ2) is 16.1. The lowest BCUT2D eigenvalue weighted by molar-refractivity contribution is -0.970. The van der Waals surface area contributed by atoms with Gasteiger partial charge in [0, 0.05) is 19.3 Å². The Morgan fingerprint density at radius 2 is 0.600 bits per heavy atom. The Labute approximate surface area is 219 Å². The third-order valence-electron chi connectivity index (χ3n) is 9.30. The molecule has 0 saturated carbocycles. The van der Waals surface area contributed by atoms with Crippen LogP contribution in [0, 0.1) is 0 Å². The van der Waals surface area contributed by atoms with Crippen LogP contribution in [0.4, 0.5) is 0 Å². The molecular formula is C27H63N3O4P+3. The van der Waals surface area contributed by atoms with Crippen molar-refractivity contribution in [3.05, 3.63) is 0 Å². The smallest absolute Gasteiger partial charge is 0.299 e. The lowest BCUT2D eigenvalue weighted by Gasteiger charge is -2.47. The molecule has 0 rings (SSSR count). The SMILES string of the molecule is CCC(OP(=O)(OC(CC)[N+](CC)(CC)CC)OC(CC)[N+](CC)(CC)CC)[N+](CC)(CC)CC. The van der Waals surface area contributed by atoms with Gasteiger partial charge in [0.05, 0.1) is 58.9 Å². The first-order valence-electron chi connectivity index (χ1n) is 14.8. The maximum Gasteiger partial charge on any atom is 0.488 e. The quantitative estimate of drug-likeness (QED) is 0.0923. The summed E-state index contributed by atoms with van der Waals surface area (Å²) < 4.78 is 36.9. The van der Waals surface area contributed by atoms with Crippen molar-refractivity contribution in [1.29, 1.82) is 0 Å². The van der Waals surface area contributed by atoms with E-state index in [0.717, 1.165) is 91.6 Å². The molecule has 0 aliphatic rings. The summed E-state index contributed by atoms with van der Waals surface area (Å²) in [6, 6.07) is 0. The Bertz CT molecular complexity index is 502. The first kappa shape index (κ1) is 35.0. The summed E-state index contributed by atoms with van der Waals surface area (Å²) in [6.07, 6.45) is 1.54. The highest BCUT2D eigenvalue weighted by atomic mass is 31.2. The molecule has 0 N–H and O–H groups in total. The Morgan fingerprint density at radius 1 is 0.429 bits per heavy atom. The topological polar surface area (TPSA) is 44.8 Å². The van der Waals surface area contributed by atoms with E-state index in [9.17, 15) is 4.57 Å². The highest BCUT2D eigenvalue weighted by Crippen LogP contribution is 2.56. The van der Waals surface area contributed by atoms with E-state index in [1.54, 1.807) is 0 Å². The fourth-order valence-corrected chi connectivity index (χ4v) is 8.14. The van der Waals surface area contributed by atoms with E-state index in [0.29, 0.717) is 0 Å². The summed E-state index contributed by atoms with van der Waals surface area (Å²) >= 11 is 0. The van der Waals surface area contributed by atoms with Gasteiger partial charge in [-0.2, -0.15) is 0 Å². The fourth-order valence-electron chi connectivity index (χ4n) is 6.05. The maximum atomic E-state index is 14.8. The van der Waals surface area contributed by atoms with Crippen LogP contribution in [0.3, 0.4) is 0 Å². The summed E-state index contributed by atoms with van der Waals surface area (Å²) in [5.74, 6) is 0. The van der Waals surface area contributed by atoms with Gasteiger partial charge in [-0.05, 0) is 62.3 Å². The molecule has 3 unspecified atom stereocenters. The number of phosphoric acid groups is 1. The third-order valence-corrected chi connectivity index (χ3v) is 10.8. The van der Waals surface area contributed by atoms with E-state index in [-0.39, 0.29) is 18.7 Å². The number of hydrogen-bond acceptors (Lipinski definition) is 4. The number of phosphoric ester groups is 1. The van der Waals surface area contributed by atoms with Gasteiger partial charge >= 0.3 is 7.82 Å². The molecule has 0 aromatic rings. The molecule has 0 aromatic carbocycles. The molecule has 0 amide bonds. The van der Waals surface area contributed by atoms with Crippen LogP contribution in [0.25, 0.3) is 0 Å². The van der Waals surface area contributed by atoms with Gasteiger partial charge in [0.2, 0.25) is 18.7 Å². The summed E-state index contributed by atoms with van der Waals surface area (Å²) in [5.41, 5.74) is 0. The van der Waals surface area contributed by atoms with Gasteiger partial charge in [-0.1, -0.05) is 20.8 Å². The van der Waals surface area contributed by atoms with Gasteiger partial charge in [-0.15, -0.1) is 0 Å². The first-order chi connectivity index (χ1) is 16.5. The number of rotatable bonds is 21. The van der Waals surface area contributed by atoms with Crippen molar-refractivity contribution in [3.63, 3.8) is 0 Å². The van der Waals surface area contributed by atoms with Gasteiger partial charge in [0.1, 0.15) is 0 Å².